The number of hydrogen-bond donors (Lipinski definition) is 3. The zero-order valence-electron chi connectivity index (χ0n) is 17.6. The highest BCUT2D eigenvalue weighted by molar-refractivity contribution is 5.93. The molecule has 3 aromatic heterocycles. The number of aryl methyl sites for hydroxylation is 3. The third-order valence-corrected chi connectivity index (χ3v) is 4.99. The summed E-state index contributed by atoms with van der Waals surface area (Å²) in [6.07, 6.45) is 3.53. The van der Waals surface area contributed by atoms with Gasteiger partial charge in [-0.2, -0.15) is 0 Å². The molecule has 0 aliphatic carbocycles. The van der Waals surface area contributed by atoms with E-state index in [1.54, 1.807) is 6.07 Å². The molecule has 0 fully saturated rings. The van der Waals surface area contributed by atoms with Gasteiger partial charge >= 0.3 is 0 Å². The van der Waals surface area contributed by atoms with Crippen molar-refractivity contribution < 1.29 is 9.18 Å². The first-order valence-corrected chi connectivity index (χ1v) is 9.98. The normalized spacial score (nSPS) is 11.0. The zero-order valence-corrected chi connectivity index (χ0v) is 17.6. The Hall–Kier alpha value is -3.81. The average molecular weight is 418 g/mol. The van der Waals surface area contributed by atoms with Crippen molar-refractivity contribution in [3.05, 3.63) is 76.6 Å². The summed E-state index contributed by atoms with van der Waals surface area (Å²) in [6.45, 7) is 6.26. The van der Waals surface area contributed by atoms with Crippen molar-refractivity contribution in [2.45, 2.75) is 27.2 Å². The van der Waals surface area contributed by atoms with Gasteiger partial charge in [0.25, 0.3) is 5.91 Å². The first-order valence-electron chi connectivity index (χ1n) is 9.98. The number of amides is 1. The minimum absolute atomic E-state index is 0.264. The predicted molar refractivity (Wildman–Crippen MR) is 118 cm³/mol. The van der Waals surface area contributed by atoms with Crippen molar-refractivity contribution in [2.24, 2.45) is 0 Å². The number of anilines is 2. The van der Waals surface area contributed by atoms with Crippen LogP contribution in [0.15, 0.2) is 42.7 Å². The molecule has 3 N–H and O–H groups in total. The number of aromatic amines is 1. The molecule has 0 spiro atoms. The van der Waals surface area contributed by atoms with Gasteiger partial charge in [0.15, 0.2) is 0 Å². The highest BCUT2D eigenvalue weighted by Gasteiger charge is 2.11. The standard InChI is InChI=1S/C23H23FN6O/c1-13-8-14(2)28-21(9-13)30-23-26-11-16(12-27-23)22(31)25-7-6-18-15(3)29-20-5-4-17(24)10-19(18)20/h4-5,8-12,29H,6-7H2,1-3H3,(H,25,31)(H,26,27,28,30). The van der Waals surface area contributed by atoms with E-state index in [1.165, 1.54) is 24.5 Å². The fourth-order valence-corrected chi connectivity index (χ4v) is 3.61. The Bertz CT molecular complexity index is 1230. The molecule has 0 bridgehead atoms. The van der Waals surface area contributed by atoms with Crippen molar-refractivity contribution in [3.63, 3.8) is 0 Å². The lowest BCUT2D eigenvalue weighted by molar-refractivity contribution is 0.0953. The Kier molecular flexibility index (Phi) is 5.62. The quantitative estimate of drug-likeness (QED) is 0.438. The molecule has 0 unspecified atom stereocenters. The first-order chi connectivity index (χ1) is 14.9. The highest BCUT2D eigenvalue weighted by atomic mass is 19.1. The van der Waals surface area contributed by atoms with E-state index in [9.17, 15) is 9.18 Å². The number of H-pyrrole nitrogens is 1. The summed E-state index contributed by atoms with van der Waals surface area (Å²) in [5.41, 5.74) is 5.18. The average Bonchev–Trinajstić information content (AvgIpc) is 3.02. The summed E-state index contributed by atoms with van der Waals surface area (Å²) >= 11 is 0. The molecule has 0 atom stereocenters. The van der Waals surface area contributed by atoms with Crippen molar-refractivity contribution in [1.82, 2.24) is 25.3 Å². The molecule has 1 amide bonds. The molecule has 4 rings (SSSR count). The minimum Gasteiger partial charge on any atom is -0.358 e. The molecule has 3 heterocycles. The van der Waals surface area contributed by atoms with Crippen LogP contribution in [-0.4, -0.2) is 32.4 Å². The number of aromatic nitrogens is 4. The molecule has 31 heavy (non-hydrogen) atoms. The van der Waals surface area contributed by atoms with Gasteiger partial charge in [0, 0.05) is 41.2 Å². The van der Waals surface area contributed by atoms with E-state index in [-0.39, 0.29) is 11.7 Å². The molecule has 0 aliphatic rings. The highest BCUT2D eigenvalue weighted by Crippen LogP contribution is 2.23. The van der Waals surface area contributed by atoms with Gasteiger partial charge in [0.2, 0.25) is 5.95 Å². The van der Waals surface area contributed by atoms with E-state index >= 15 is 0 Å². The van der Waals surface area contributed by atoms with Crippen LogP contribution in [0, 0.1) is 26.6 Å². The molecule has 7 nitrogen and oxygen atoms in total. The molecule has 1 aromatic carbocycles. The Morgan fingerprint density at radius 3 is 2.61 bits per heavy atom. The minimum atomic E-state index is -0.279. The fraction of sp³-hybridized carbons (Fsp3) is 0.217. The Morgan fingerprint density at radius 2 is 1.87 bits per heavy atom. The topological polar surface area (TPSA) is 95.6 Å². The van der Waals surface area contributed by atoms with Crippen LogP contribution in [0.25, 0.3) is 10.9 Å². The summed E-state index contributed by atoms with van der Waals surface area (Å²) in [6, 6.07) is 8.54. The third kappa shape index (κ3) is 4.69. The lowest BCUT2D eigenvalue weighted by Gasteiger charge is -2.08. The van der Waals surface area contributed by atoms with Gasteiger partial charge in [-0.3, -0.25) is 4.79 Å². The number of carbonyl (C=O) groups excluding carboxylic acids is 1. The molecule has 158 valence electrons. The smallest absolute Gasteiger partial charge is 0.254 e. The van der Waals surface area contributed by atoms with Crippen LogP contribution in [0.5, 0.6) is 0 Å². The van der Waals surface area contributed by atoms with Gasteiger partial charge in [-0.05, 0) is 68.7 Å². The molecule has 0 radical (unpaired) electrons. The van der Waals surface area contributed by atoms with Crippen LogP contribution >= 0.6 is 0 Å². The SMILES string of the molecule is Cc1cc(C)nc(Nc2ncc(C(=O)NCCc3c(C)[nH]c4ccc(F)cc34)cn2)c1. The number of pyridine rings is 1. The van der Waals surface area contributed by atoms with E-state index in [1.807, 2.05) is 32.9 Å². The van der Waals surface area contributed by atoms with Gasteiger partial charge in [0.05, 0.1) is 5.56 Å². The molecular weight excluding hydrogens is 395 g/mol. The number of nitrogens with zero attached hydrogens (tertiary/aromatic N) is 3. The van der Waals surface area contributed by atoms with Crippen LogP contribution in [-0.2, 0) is 6.42 Å². The second kappa shape index (κ2) is 8.51. The van der Waals surface area contributed by atoms with E-state index in [0.29, 0.717) is 30.3 Å². The maximum atomic E-state index is 13.6. The zero-order chi connectivity index (χ0) is 22.0. The van der Waals surface area contributed by atoms with Gasteiger partial charge in [-0.1, -0.05) is 0 Å². The number of fused-ring (bicyclic) bond motifs is 1. The van der Waals surface area contributed by atoms with E-state index in [2.05, 4.69) is 30.6 Å². The second-order valence-corrected chi connectivity index (χ2v) is 7.52. The largest absolute Gasteiger partial charge is 0.358 e. The van der Waals surface area contributed by atoms with E-state index in [4.69, 9.17) is 0 Å². The molecule has 0 saturated heterocycles. The van der Waals surface area contributed by atoms with Crippen LogP contribution in [0.2, 0.25) is 0 Å². The fourth-order valence-electron chi connectivity index (χ4n) is 3.61. The number of benzene rings is 1. The van der Waals surface area contributed by atoms with Crippen molar-refractivity contribution in [1.29, 1.82) is 0 Å². The molecular formula is C23H23FN6O. The summed E-state index contributed by atoms with van der Waals surface area (Å²) in [5, 5.41) is 6.75. The van der Waals surface area contributed by atoms with Crippen LogP contribution in [0.3, 0.4) is 0 Å². The van der Waals surface area contributed by atoms with Crippen molar-refractivity contribution in [3.8, 4) is 0 Å². The molecule has 0 saturated carbocycles. The maximum absolute atomic E-state index is 13.6. The van der Waals surface area contributed by atoms with Gasteiger partial charge in [-0.15, -0.1) is 0 Å². The van der Waals surface area contributed by atoms with Crippen LogP contribution in [0.1, 0.15) is 32.9 Å². The van der Waals surface area contributed by atoms with Gasteiger partial charge < -0.3 is 15.6 Å². The second-order valence-electron chi connectivity index (χ2n) is 7.52. The van der Waals surface area contributed by atoms with Crippen molar-refractivity contribution in [2.75, 3.05) is 11.9 Å². The third-order valence-electron chi connectivity index (χ3n) is 4.99. The van der Waals surface area contributed by atoms with E-state index < -0.39 is 0 Å². The van der Waals surface area contributed by atoms with Crippen molar-refractivity contribution >= 4 is 28.6 Å². The lowest BCUT2D eigenvalue weighted by atomic mass is 10.1. The predicted octanol–water partition coefficient (Wildman–Crippen LogP) is 4.13. The monoisotopic (exact) mass is 418 g/mol. The Balaban J connectivity index is 1.37. The van der Waals surface area contributed by atoms with Crippen LogP contribution < -0.4 is 10.6 Å². The summed E-state index contributed by atoms with van der Waals surface area (Å²) in [5.74, 6) is 0.476. The molecule has 4 aromatic rings. The maximum Gasteiger partial charge on any atom is 0.254 e. The summed E-state index contributed by atoms with van der Waals surface area (Å²) in [4.78, 5) is 28.5. The van der Waals surface area contributed by atoms with Gasteiger partial charge in [0.1, 0.15) is 11.6 Å². The Labute approximate surface area is 179 Å². The summed E-state index contributed by atoms with van der Waals surface area (Å²) in [7, 11) is 0. The Morgan fingerprint density at radius 1 is 1.10 bits per heavy atom. The van der Waals surface area contributed by atoms with Crippen LogP contribution in [0.4, 0.5) is 16.2 Å². The number of carbonyl (C=O) groups is 1. The molecule has 0 aliphatic heterocycles. The first kappa shape index (κ1) is 20.5. The number of halogens is 1. The van der Waals surface area contributed by atoms with E-state index in [0.717, 1.165) is 33.4 Å². The van der Waals surface area contributed by atoms with Gasteiger partial charge in [-0.25, -0.2) is 19.3 Å². The number of hydrogen-bond acceptors (Lipinski definition) is 5. The number of nitrogens with one attached hydrogen (secondary N) is 3. The molecule has 8 heteroatoms. The lowest BCUT2D eigenvalue weighted by Crippen LogP contribution is -2.26. The number of rotatable bonds is 6. The summed E-state index contributed by atoms with van der Waals surface area (Å²) < 4.78 is 13.6.